The number of H-pyrrole nitrogens is 2. The van der Waals surface area contributed by atoms with Gasteiger partial charge in [-0.15, -0.1) is 0 Å². The first-order valence-corrected chi connectivity index (χ1v) is 14.3. The Kier molecular flexibility index (Phi) is 6.76. The first-order chi connectivity index (χ1) is 21.0. The van der Waals surface area contributed by atoms with E-state index < -0.39 is 11.9 Å². The molecule has 222 valence electrons. The maximum atomic E-state index is 13.2. The van der Waals surface area contributed by atoms with Crippen LogP contribution in [0.15, 0.2) is 36.9 Å². The number of ether oxygens (including phenoxy) is 1. The van der Waals surface area contributed by atoms with Crippen LogP contribution in [0.1, 0.15) is 77.8 Å². The number of aromatic nitrogens is 4. The number of aryl methyl sites for hydroxylation is 2. The van der Waals surface area contributed by atoms with E-state index in [2.05, 4.69) is 30.4 Å². The number of esters is 1. The van der Waals surface area contributed by atoms with E-state index in [4.69, 9.17) is 14.7 Å². The van der Waals surface area contributed by atoms with Crippen LogP contribution < -0.4 is 0 Å². The number of aliphatic hydroxyl groups excluding tert-OH is 1. The smallest absolute Gasteiger partial charge is 0.342 e. The molecule has 9 nitrogen and oxygen atoms in total. The van der Waals surface area contributed by atoms with Gasteiger partial charge in [-0.3, -0.25) is 0 Å². The molecule has 0 spiro atoms. The van der Waals surface area contributed by atoms with E-state index in [-0.39, 0.29) is 11.3 Å². The van der Waals surface area contributed by atoms with Crippen molar-refractivity contribution in [2.45, 2.75) is 41.0 Å². The van der Waals surface area contributed by atoms with E-state index in [0.717, 1.165) is 68.3 Å². The van der Waals surface area contributed by atoms with Crippen molar-refractivity contribution in [1.82, 2.24) is 19.9 Å². The van der Waals surface area contributed by atoms with Gasteiger partial charge in [-0.25, -0.2) is 19.6 Å². The van der Waals surface area contributed by atoms with Crippen LogP contribution in [0.25, 0.3) is 61.8 Å². The molecule has 0 amide bonds. The molecule has 0 aromatic carbocycles. The Labute approximate surface area is 253 Å². The number of methoxy groups -OCH3 is 1. The van der Waals surface area contributed by atoms with E-state index in [1.54, 1.807) is 0 Å². The second-order valence-corrected chi connectivity index (χ2v) is 11.0. The Morgan fingerprint density at radius 2 is 1.59 bits per heavy atom. The highest BCUT2D eigenvalue weighted by Gasteiger charge is 2.36. The lowest BCUT2D eigenvalue weighted by Gasteiger charge is -2.07. The molecule has 0 saturated heterocycles. The summed E-state index contributed by atoms with van der Waals surface area (Å²) in [5.74, 6) is -2.09. The number of fused-ring (bicyclic) bond motifs is 8. The number of hydrogen-bond donors (Lipinski definition) is 4. The van der Waals surface area contributed by atoms with Crippen molar-refractivity contribution in [2.75, 3.05) is 7.11 Å². The van der Waals surface area contributed by atoms with Crippen LogP contribution in [0.5, 0.6) is 0 Å². The normalized spacial score (nSPS) is 14.3. The van der Waals surface area contributed by atoms with Crippen molar-refractivity contribution in [3.05, 3.63) is 87.5 Å². The molecule has 6 rings (SSSR count). The molecule has 5 heterocycles. The lowest BCUT2D eigenvalue weighted by molar-refractivity contribution is -0.134. The lowest BCUT2D eigenvalue weighted by atomic mass is 9.99. The molecule has 0 fully saturated rings. The first kappa shape index (κ1) is 28.7. The Bertz CT molecular complexity index is 2150. The van der Waals surface area contributed by atoms with Crippen molar-refractivity contribution in [2.24, 2.45) is 0 Å². The van der Waals surface area contributed by atoms with Crippen LogP contribution in [0.4, 0.5) is 0 Å². The maximum Gasteiger partial charge on any atom is 0.342 e. The number of aliphatic hydroxyl groups is 1. The average molecular weight is 589 g/mol. The van der Waals surface area contributed by atoms with Crippen LogP contribution in [-0.4, -0.2) is 49.2 Å². The molecule has 3 aromatic heterocycles. The molecule has 9 heteroatoms. The summed E-state index contributed by atoms with van der Waals surface area (Å²) in [5.41, 5.74) is 12.2. The number of aliphatic carboxylic acids is 1. The summed E-state index contributed by atoms with van der Waals surface area (Å²) in [5, 5.41) is 21.0. The number of carboxylic acids is 1. The van der Waals surface area contributed by atoms with Gasteiger partial charge in [0.2, 0.25) is 0 Å². The minimum atomic E-state index is -1.13. The number of rotatable bonds is 5. The zero-order valence-corrected chi connectivity index (χ0v) is 25.4. The topological polar surface area (TPSA) is 141 Å². The molecular formula is C35H32N4O5. The van der Waals surface area contributed by atoms with Gasteiger partial charge in [0, 0.05) is 44.9 Å². The predicted molar refractivity (Wildman–Crippen MR) is 174 cm³/mol. The van der Waals surface area contributed by atoms with Gasteiger partial charge in [0.1, 0.15) is 11.3 Å². The third-order valence-electron chi connectivity index (χ3n) is 8.71. The van der Waals surface area contributed by atoms with Gasteiger partial charge in [-0.05, 0) is 86.2 Å². The van der Waals surface area contributed by atoms with Crippen molar-refractivity contribution < 1.29 is 24.5 Å². The molecule has 8 bridgehead atoms. The molecule has 0 saturated carbocycles. The number of carboxylic acid groups (broad SMARTS) is 1. The third kappa shape index (κ3) is 4.15. The van der Waals surface area contributed by atoms with Crippen LogP contribution in [0.2, 0.25) is 0 Å². The van der Waals surface area contributed by atoms with Crippen LogP contribution in [0, 0.1) is 13.8 Å². The summed E-state index contributed by atoms with van der Waals surface area (Å²) in [6, 6.07) is 5.88. The van der Waals surface area contributed by atoms with Gasteiger partial charge in [0.15, 0.2) is 0 Å². The SMILES string of the molecule is C=Cc1c(C)c2cc3nc(c4c5[nH]c(cc6nc(cc1[nH]2)C(C)=C6CC)c(C)c5C(O)=C4C(=O)OC)C(/C=C/C(=O)O)=C3C. The summed E-state index contributed by atoms with van der Waals surface area (Å²) >= 11 is 0. The summed E-state index contributed by atoms with van der Waals surface area (Å²) in [7, 11) is 1.25. The molecule has 4 N–H and O–H groups in total. The summed E-state index contributed by atoms with van der Waals surface area (Å²) < 4.78 is 5.10. The zero-order valence-electron chi connectivity index (χ0n) is 25.4. The van der Waals surface area contributed by atoms with Crippen molar-refractivity contribution in [1.29, 1.82) is 0 Å². The van der Waals surface area contributed by atoms with Gasteiger partial charge in [0.25, 0.3) is 0 Å². The van der Waals surface area contributed by atoms with E-state index >= 15 is 0 Å². The van der Waals surface area contributed by atoms with Crippen molar-refractivity contribution in [3.63, 3.8) is 0 Å². The summed E-state index contributed by atoms with van der Waals surface area (Å²) in [4.78, 5) is 41.7. The fourth-order valence-corrected chi connectivity index (χ4v) is 6.34. The maximum absolute atomic E-state index is 13.2. The number of hydrogen-bond acceptors (Lipinski definition) is 6. The number of allylic oxidation sites excluding steroid dienone is 5. The molecule has 0 unspecified atom stereocenters. The standard InChI is InChI=1S/C35H32N4O5/c1-8-19-15(3)22-12-24-17(5)21(10-11-28(40)41)32(38-24)30-31(35(43)44-7)34(42)29-18(6)25(39-33(29)30)14-27-20(9-2)16(4)23(37-27)13-26(19)36-22/h8,10-14,36,39,42H,1,9H2,2-7H3,(H,40,41)/b11-10+,22-12?,23-13?,24-12?,25-14?,26-13?,27-14?,32-30?. The number of carbonyl (C=O) groups excluding carboxylic acids is 1. The number of nitrogens with zero attached hydrogens (tertiary/aromatic N) is 2. The van der Waals surface area contributed by atoms with Crippen molar-refractivity contribution >= 4 is 73.7 Å². The monoisotopic (exact) mass is 588 g/mol. The molecule has 3 aromatic rings. The molecular weight excluding hydrogens is 556 g/mol. The van der Waals surface area contributed by atoms with Gasteiger partial charge in [-0.2, -0.15) is 0 Å². The van der Waals surface area contributed by atoms with Crippen LogP contribution in [-0.2, 0) is 14.3 Å². The highest BCUT2D eigenvalue weighted by Crippen LogP contribution is 2.46. The Morgan fingerprint density at radius 1 is 0.932 bits per heavy atom. The Hall–Kier alpha value is -5.44. The van der Waals surface area contributed by atoms with Crippen molar-refractivity contribution in [3.8, 4) is 0 Å². The molecule has 1 aliphatic carbocycles. The third-order valence-corrected chi connectivity index (χ3v) is 8.71. The Balaban J connectivity index is 1.88. The Morgan fingerprint density at radius 3 is 2.25 bits per heavy atom. The minimum Gasteiger partial charge on any atom is -0.506 e. The highest BCUT2D eigenvalue weighted by molar-refractivity contribution is 6.31. The summed E-state index contributed by atoms with van der Waals surface area (Å²) in [6.45, 7) is 13.9. The number of aromatic amines is 2. The number of nitrogens with one attached hydrogen (secondary N) is 2. The lowest BCUT2D eigenvalue weighted by Crippen LogP contribution is -2.06. The second kappa shape index (κ2) is 10.4. The van der Waals surface area contributed by atoms with Gasteiger partial charge in [-0.1, -0.05) is 19.6 Å². The van der Waals surface area contributed by atoms with Crippen LogP contribution in [0.3, 0.4) is 0 Å². The molecule has 0 atom stereocenters. The fraction of sp³-hybridized carbons (Fsp3) is 0.200. The van der Waals surface area contributed by atoms with Gasteiger partial charge >= 0.3 is 11.9 Å². The largest absolute Gasteiger partial charge is 0.506 e. The molecule has 0 radical (unpaired) electrons. The number of carbonyl (C=O) groups is 2. The predicted octanol–water partition coefficient (Wildman–Crippen LogP) is 7.40. The quantitative estimate of drug-likeness (QED) is 0.180. The summed E-state index contributed by atoms with van der Waals surface area (Å²) in [6.07, 6.45) is 5.07. The van der Waals surface area contributed by atoms with E-state index in [1.165, 1.54) is 13.2 Å². The van der Waals surface area contributed by atoms with E-state index in [1.807, 2.05) is 45.0 Å². The highest BCUT2D eigenvalue weighted by atomic mass is 16.5. The average Bonchev–Trinajstić information content (AvgIpc) is 3.72. The molecule has 3 aliphatic rings. The first-order valence-electron chi connectivity index (χ1n) is 14.3. The molecule has 2 aliphatic heterocycles. The van der Waals surface area contributed by atoms with E-state index in [9.17, 15) is 19.8 Å². The van der Waals surface area contributed by atoms with E-state index in [0.29, 0.717) is 39.2 Å². The zero-order chi connectivity index (χ0) is 31.6. The van der Waals surface area contributed by atoms with Gasteiger partial charge in [0.05, 0.1) is 35.4 Å². The second-order valence-electron chi connectivity index (χ2n) is 11.0. The fourth-order valence-electron chi connectivity index (χ4n) is 6.34. The van der Waals surface area contributed by atoms with Gasteiger partial charge < -0.3 is 24.9 Å². The minimum absolute atomic E-state index is 0.0424. The molecule has 44 heavy (non-hydrogen) atoms. The van der Waals surface area contributed by atoms with Crippen LogP contribution >= 0.6 is 0 Å².